The largest absolute Gasteiger partial charge is 0.466 e. The summed E-state index contributed by atoms with van der Waals surface area (Å²) in [5.74, 6) is -0.411. The van der Waals surface area contributed by atoms with Crippen molar-refractivity contribution < 1.29 is 14.3 Å². The number of esters is 1. The van der Waals surface area contributed by atoms with E-state index in [1.165, 1.54) is 25.2 Å². The number of amides is 1. The van der Waals surface area contributed by atoms with Gasteiger partial charge in [-0.25, -0.2) is 4.79 Å². The monoisotopic (exact) mass is 505 g/mol. The zero-order valence-corrected chi connectivity index (χ0v) is 21.5. The van der Waals surface area contributed by atoms with Crippen molar-refractivity contribution in [1.29, 1.82) is 0 Å². The molecule has 3 aromatic carbocycles. The molecule has 38 heavy (non-hydrogen) atoms. The van der Waals surface area contributed by atoms with E-state index in [1.807, 2.05) is 35.2 Å². The van der Waals surface area contributed by atoms with Gasteiger partial charge in [-0.1, -0.05) is 61.7 Å². The lowest BCUT2D eigenvalue weighted by Crippen LogP contribution is -2.51. The van der Waals surface area contributed by atoms with Crippen LogP contribution in [0.3, 0.4) is 0 Å². The van der Waals surface area contributed by atoms with Crippen molar-refractivity contribution in [3.8, 4) is 11.1 Å². The Morgan fingerprint density at radius 1 is 0.921 bits per heavy atom. The Balaban J connectivity index is 1.42. The van der Waals surface area contributed by atoms with E-state index >= 15 is 0 Å². The molecule has 192 valence electrons. The number of ether oxygens (including phenoxy) is 1. The smallest absolute Gasteiger partial charge is 0.330 e. The van der Waals surface area contributed by atoms with E-state index in [2.05, 4.69) is 46.4 Å². The Morgan fingerprint density at radius 2 is 1.66 bits per heavy atom. The Kier molecular flexibility index (Phi) is 7.59. The van der Waals surface area contributed by atoms with Gasteiger partial charge in [0.1, 0.15) is 0 Å². The van der Waals surface area contributed by atoms with Crippen LogP contribution in [0.1, 0.15) is 43.2 Å². The van der Waals surface area contributed by atoms with Crippen LogP contribution in [0, 0.1) is 0 Å². The van der Waals surface area contributed by atoms with Crippen LogP contribution < -0.4 is 4.90 Å². The van der Waals surface area contributed by atoms with E-state index in [4.69, 9.17) is 4.74 Å². The lowest BCUT2D eigenvalue weighted by atomic mass is 9.76. The summed E-state index contributed by atoms with van der Waals surface area (Å²) >= 11 is 0. The van der Waals surface area contributed by atoms with Crippen LogP contribution in [0.25, 0.3) is 28.2 Å². The molecule has 1 saturated carbocycles. The average Bonchev–Trinajstić information content (AvgIpc) is 2.97. The molecular weight excluding hydrogens is 474 g/mol. The maximum atomic E-state index is 12.6. The second-order valence-electron chi connectivity index (χ2n) is 9.85. The average molecular weight is 506 g/mol. The van der Waals surface area contributed by atoms with E-state index in [9.17, 15) is 9.59 Å². The fourth-order valence-corrected chi connectivity index (χ4v) is 5.51. The SMILES string of the molecule is COC(=O)/C=C/c1cccc(N(C=O)C2(Cc3ccc(-c4ccc5nccnc5c4)cc3)CCCCC2)c1. The van der Waals surface area contributed by atoms with Crippen molar-refractivity contribution in [3.05, 3.63) is 96.3 Å². The van der Waals surface area contributed by atoms with Crippen LogP contribution in [0.15, 0.2) is 85.2 Å². The number of carbonyl (C=O) groups is 2. The molecular formula is C32H31N3O3. The molecule has 0 aliphatic heterocycles. The standard InChI is InChI=1S/C32H31N3O3/c1-38-31(37)15-10-24-6-5-7-28(20-24)35(23-36)32(16-3-2-4-17-32)22-25-8-11-26(12-9-25)27-13-14-29-30(21-27)34-19-18-33-29/h5-15,18-21,23H,2-4,16-17,22H2,1H3/b15-10+. The summed E-state index contributed by atoms with van der Waals surface area (Å²) in [5, 5.41) is 0. The van der Waals surface area contributed by atoms with Crippen LogP contribution >= 0.6 is 0 Å². The van der Waals surface area contributed by atoms with Crippen LogP contribution in [-0.4, -0.2) is 35.0 Å². The molecule has 0 saturated heterocycles. The molecule has 0 unspecified atom stereocenters. The van der Waals surface area contributed by atoms with Gasteiger partial charge in [0.15, 0.2) is 0 Å². The predicted octanol–water partition coefficient (Wildman–Crippen LogP) is 6.39. The first-order valence-electron chi connectivity index (χ1n) is 13.0. The van der Waals surface area contributed by atoms with E-state index in [0.29, 0.717) is 0 Å². The molecule has 4 aromatic rings. The summed E-state index contributed by atoms with van der Waals surface area (Å²) in [4.78, 5) is 34.9. The number of aromatic nitrogens is 2. The van der Waals surface area contributed by atoms with E-state index < -0.39 is 5.97 Å². The minimum absolute atomic E-state index is 0.301. The van der Waals surface area contributed by atoms with Crippen molar-refractivity contribution in [2.75, 3.05) is 12.0 Å². The molecule has 0 N–H and O–H groups in total. The lowest BCUT2D eigenvalue weighted by Gasteiger charge is -2.45. The summed E-state index contributed by atoms with van der Waals surface area (Å²) in [6.45, 7) is 0. The molecule has 0 spiro atoms. The highest BCUT2D eigenvalue weighted by Crippen LogP contribution is 2.39. The molecule has 6 nitrogen and oxygen atoms in total. The first kappa shape index (κ1) is 25.3. The molecule has 6 heteroatoms. The molecule has 1 aromatic heterocycles. The molecule has 1 aliphatic rings. The quantitative estimate of drug-likeness (QED) is 0.158. The number of hydrogen-bond acceptors (Lipinski definition) is 5. The summed E-state index contributed by atoms with van der Waals surface area (Å²) in [7, 11) is 1.35. The maximum absolute atomic E-state index is 12.6. The highest BCUT2D eigenvalue weighted by Gasteiger charge is 2.38. The van der Waals surface area contributed by atoms with Gasteiger partial charge in [-0.2, -0.15) is 0 Å². The van der Waals surface area contributed by atoms with Crippen molar-refractivity contribution in [2.24, 2.45) is 0 Å². The zero-order valence-electron chi connectivity index (χ0n) is 21.5. The van der Waals surface area contributed by atoms with Crippen molar-refractivity contribution in [1.82, 2.24) is 9.97 Å². The number of carbonyl (C=O) groups excluding carboxylic acids is 2. The fraction of sp³-hybridized carbons (Fsp3) is 0.250. The third kappa shape index (κ3) is 5.49. The van der Waals surface area contributed by atoms with Gasteiger partial charge in [-0.15, -0.1) is 0 Å². The third-order valence-corrected chi connectivity index (χ3v) is 7.45. The van der Waals surface area contributed by atoms with Crippen LogP contribution in [0.2, 0.25) is 0 Å². The Bertz CT molecular complexity index is 1460. The van der Waals surface area contributed by atoms with Gasteiger partial charge in [-0.3, -0.25) is 14.8 Å². The Morgan fingerprint density at radius 3 is 2.39 bits per heavy atom. The summed E-state index contributed by atoms with van der Waals surface area (Å²) < 4.78 is 4.71. The molecule has 1 amide bonds. The topological polar surface area (TPSA) is 72.4 Å². The van der Waals surface area contributed by atoms with E-state index in [1.54, 1.807) is 18.5 Å². The summed E-state index contributed by atoms with van der Waals surface area (Å²) in [6.07, 6.45) is 13.5. The van der Waals surface area contributed by atoms with Gasteiger partial charge in [0, 0.05) is 24.2 Å². The van der Waals surface area contributed by atoms with Crippen LogP contribution in [0.5, 0.6) is 0 Å². The number of methoxy groups -OCH3 is 1. The highest BCUT2D eigenvalue weighted by atomic mass is 16.5. The normalized spacial score (nSPS) is 14.9. The minimum Gasteiger partial charge on any atom is -0.466 e. The highest BCUT2D eigenvalue weighted by molar-refractivity contribution is 5.87. The molecule has 0 atom stereocenters. The number of fused-ring (bicyclic) bond motifs is 1. The molecule has 0 radical (unpaired) electrons. The van der Waals surface area contributed by atoms with Gasteiger partial charge in [0.2, 0.25) is 6.41 Å². The molecule has 1 aliphatic carbocycles. The summed E-state index contributed by atoms with van der Waals surface area (Å²) in [6, 6.07) is 22.5. The van der Waals surface area contributed by atoms with Crippen molar-refractivity contribution in [2.45, 2.75) is 44.1 Å². The van der Waals surface area contributed by atoms with Gasteiger partial charge in [0.25, 0.3) is 0 Å². The van der Waals surface area contributed by atoms with Crippen molar-refractivity contribution >= 4 is 35.2 Å². The first-order chi connectivity index (χ1) is 18.6. The maximum Gasteiger partial charge on any atom is 0.330 e. The predicted molar refractivity (Wildman–Crippen MR) is 151 cm³/mol. The van der Waals surface area contributed by atoms with E-state index in [-0.39, 0.29) is 5.54 Å². The van der Waals surface area contributed by atoms with Gasteiger partial charge in [0.05, 0.1) is 23.7 Å². The van der Waals surface area contributed by atoms with Gasteiger partial charge in [-0.05, 0) is 71.9 Å². The van der Waals surface area contributed by atoms with Crippen LogP contribution in [0.4, 0.5) is 5.69 Å². The second-order valence-corrected chi connectivity index (χ2v) is 9.85. The molecule has 1 heterocycles. The molecule has 1 fully saturated rings. The summed E-state index contributed by atoms with van der Waals surface area (Å²) in [5.41, 5.74) is 6.55. The van der Waals surface area contributed by atoms with Crippen molar-refractivity contribution in [3.63, 3.8) is 0 Å². The molecule has 5 rings (SSSR count). The van der Waals surface area contributed by atoms with Gasteiger partial charge >= 0.3 is 5.97 Å². The number of hydrogen-bond donors (Lipinski definition) is 0. The van der Waals surface area contributed by atoms with E-state index in [0.717, 1.165) is 71.9 Å². The van der Waals surface area contributed by atoms with Crippen LogP contribution in [-0.2, 0) is 20.7 Å². The number of nitrogens with zero attached hydrogens (tertiary/aromatic N) is 3. The van der Waals surface area contributed by atoms with Gasteiger partial charge < -0.3 is 9.64 Å². The zero-order chi connectivity index (χ0) is 26.4. The lowest BCUT2D eigenvalue weighted by molar-refractivity contribution is -0.134. The third-order valence-electron chi connectivity index (χ3n) is 7.45. The minimum atomic E-state index is -0.411. The Labute approximate surface area is 223 Å². The second kappa shape index (κ2) is 11.4. The first-order valence-corrected chi connectivity index (χ1v) is 13.0. The number of anilines is 1. The Hall–Kier alpha value is -4.32. The number of benzene rings is 3. The molecule has 0 bridgehead atoms. The number of rotatable bonds is 8. The fourth-order valence-electron chi connectivity index (χ4n) is 5.51.